The average Bonchev–Trinajstić information content (AvgIpc) is 3.00. The number of nitrogens with zero attached hydrogens (tertiary/aromatic N) is 4. The topological polar surface area (TPSA) is 63.1 Å². The molecule has 6 nitrogen and oxygen atoms in total. The third-order valence-electron chi connectivity index (χ3n) is 3.78. The molecule has 2 aromatic heterocycles. The molecule has 1 aromatic carbocycles. The predicted octanol–water partition coefficient (Wildman–Crippen LogP) is 3.36. The van der Waals surface area contributed by atoms with Crippen LogP contribution >= 0.6 is 11.6 Å². The monoisotopic (exact) mass is 355 g/mol. The quantitative estimate of drug-likeness (QED) is 0.762. The number of imidazole rings is 1. The summed E-state index contributed by atoms with van der Waals surface area (Å²) in [5, 5.41) is 3.37. The Kier molecular flexibility index (Phi) is 5.00. The predicted molar refractivity (Wildman–Crippen MR) is 99.0 cm³/mol. The van der Waals surface area contributed by atoms with Crippen molar-refractivity contribution in [2.75, 3.05) is 17.3 Å². The van der Waals surface area contributed by atoms with Crippen molar-refractivity contribution in [1.82, 2.24) is 14.5 Å². The van der Waals surface area contributed by atoms with Crippen LogP contribution in [0.2, 0.25) is 5.02 Å². The van der Waals surface area contributed by atoms with Crippen LogP contribution in [0.15, 0.2) is 55.0 Å². The Balaban J connectivity index is 1.67. The molecule has 1 amide bonds. The summed E-state index contributed by atoms with van der Waals surface area (Å²) < 4.78 is 1.96. The Morgan fingerprint density at radius 2 is 2.12 bits per heavy atom. The number of aromatic nitrogens is 3. The molecule has 0 unspecified atom stereocenters. The van der Waals surface area contributed by atoms with Crippen LogP contribution in [0.3, 0.4) is 0 Å². The Morgan fingerprint density at radius 3 is 2.76 bits per heavy atom. The van der Waals surface area contributed by atoms with Crippen molar-refractivity contribution in [1.29, 1.82) is 0 Å². The number of hydrogen-bond acceptors (Lipinski definition) is 4. The van der Waals surface area contributed by atoms with E-state index in [0.29, 0.717) is 22.8 Å². The number of rotatable bonds is 5. The van der Waals surface area contributed by atoms with Gasteiger partial charge in [-0.05, 0) is 30.3 Å². The number of aryl methyl sites for hydroxylation is 1. The van der Waals surface area contributed by atoms with E-state index < -0.39 is 0 Å². The largest absolute Gasteiger partial charge is 0.352 e. The lowest BCUT2D eigenvalue weighted by molar-refractivity contribution is 0.102. The number of carbonyl (C=O) groups is 1. The zero-order chi connectivity index (χ0) is 17.8. The molecule has 128 valence electrons. The van der Waals surface area contributed by atoms with Crippen LogP contribution in [0.1, 0.15) is 16.2 Å². The van der Waals surface area contributed by atoms with E-state index in [-0.39, 0.29) is 5.91 Å². The molecule has 0 spiro atoms. The third kappa shape index (κ3) is 4.16. The minimum Gasteiger partial charge on any atom is -0.352 e. The molecular weight excluding hydrogens is 338 g/mol. The van der Waals surface area contributed by atoms with E-state index in [4.69, 9.17) is 11.6 Å². The van der Waals surface area contributed by atoms with Crippen molar-refractivity contribution in [3.63, 3.8) is 0 Å². The zero-order valence-corrected chi connectivity index (χ0v) is 14.7. The van der Waals surface area contributed by atoms with E-state index in [1.54, 1.807) is 42.7 Å². The highest BCUT2D eigenvalue weighted by molar-refractivity contribution is 6.30. The van der Waals surface area contributed by atoms with Gasteiger partial charge in [0, 0.05) is 43.4 Å². The maximum Gasteiger partial charge on any atom is 0.257 e. The van der Waals surface area contributed by atoms with Gasteiger partial charge in [-0.1, -0.05) is 17.7 Å². The SMILES string of the molecule is CN(Cc1nccn1C)c1ccc(C(=O)Nc2cccc(Cl)c2)cn1. The Hall–Kier alpha value is -2.86. The van der Waals surface area contributed by atoms with E-state index in [1.807, 2.05) is 35.8 Å². The van der Waals surface area contributed by atoms with Gasteiger partial charge in [-0.25, -0.2) is 9.97 Å². The van der Waals surface area contributed by atoms with Crippen molar-refractivity contribution >= 4 is 29.0 Å². The van der Waals surface area contributed by atoms with Crippen LogP contribution < -0.4 is 10.2 Å². The van der Waals surface area contributed by atoms with E-state index in [9.17, 15) is 4.79 Å². The number of benzene rings is 1. The molecule has 0 radical (unpaired) electrons. The van der Waals surface area contributed by atoms with E-state index in [1.165, 1.54) is 0 Å². The molecule has 0 aliphatic heterocycles. The van der Waals surface area contributed by atoms with Gasteiger partial charge in [-0.2, -0.15) is 0 Å². The summed E-state index contributed by atoms with van der Waals surface area (Å²) in [5.74, 6) is 1.47. The maximum absolute atomic E-state index is 12.3. The molecule has 0 saturated carbocycles. The zero-order valence-electron chi connectivity index (χ0n) is 14.0. The second kappa shape index (κ2) is 7.36. The van der Waals surface area contributed by atoms with Gasteiger partial charge in [-0.3, -0.25) is 4.79 Å². The normalized spacial score (nSPS) is 10.5. The van der Waals surface area contributed by atoms with Crippen molar-refractivity contribution in [3.8, 4) is 0 Å². The van der Waals surface area contributed by atoms with Gasteiger partial charge in [0.15, 0.2) is 0 Å². The molecule has 1 N–H and O–H groups in total. The second-order valence-corrected chi connectivity index (χ2v) is 6.12. The summed E-state index contributed by atoms with van der Waals surface area (Å²) in [6.45, 7) is 0.630. The van der Waals surface area contributed by atoms with Crippen LogP contribution in [0.25, 0.3) is 0 Å². The summed E-state index contributed by atoms with van der Waals surface area (Å²) in [4.78, 5) is 22.9. The number of amides is 1. The van der Waals surface area contributed by atoms with Crippen LogP contribution in [0, 0.1) is 0 Å². The van der Waals surface area contributed by atoms with E-state index in [0.717, 1.165) is 11.6 Å². The van der Waals surface area contributed by atoms with Gasteiger partial charge in [0.05, 0.1) is 12.1 Å². The maximum atomic E-state index is 12.3. The van der Waals surface area contributed by atoms with Crippen LogP contribution in [0.4, 0.5) is 11.5 Å². The molecule has 2 heterocycles. The molecule has 25 heavy (non-hydrogen) atoms. The minimum absolute atomic E-state index is 0.229. The van der Waals surface area contributed by atoms with Gasteiger partial charge >= 0.3 is 0 Å². The summed E-state index contributed by atoms with van der Waals surface area (Å²) in [6, 6.07) is 10.6. The first-order chi connectivity index (χ1) is 12.0. The number of hydrogen-bond donors (Lipinski definition) is 1. The van der Waals surface area contributed by atoms with E-state index >= 15 is 0 Å². The number of pyridine rings is 1. The second-order valence-electron chi connectivity index (χ2n) is 5.68. The highest BCUT2D eigenvalue weighted by atomic mass is 35.5. The summed E-state index contributed by atoms with van der Waals surface area (Å²) in [7, 11) is 3.88. The highest BCUT2D eigenvalue weighted by Crippen LogP contribution is 2.17. The fraction of sp³-hybridized carbons (Fsp3) is 0.167. The van der Waals surface area contributed by atoms with E-state index in [2.05, 4.69) is 15.3 Å². The van der Waals surface area contributed by atoms with Crippen molar-refractivity contribution < 1.29 is 4.79 Å². The first-order valence-electron chi connectivity index (χ1n) is 7.73. The molecule has 3 rings (SSSR count). The Morgan fingerprint density at radius 1 is 1.28 bits per heavy atom. The lowest BCUT2D eigenvalue weighted by Gasteiger charge is -2.18. The average molecular weight is 356 g/mol. The minimum atomic E-state index is -0.229. The molecule has 0 bridgehead atoms. The van der Waals surface area contributed by atoms with Crippen LogP contribution in [-0.4, -0.2) is 27.5 Å². The number of anilines is 2. The summed E-state index contributed by atoms with van der Waals surface area (Å²) >= 11 is 5.92. The number of nitrogens with one attached hydrogen (secondary N) is 1. The number of carbonyl (C=O) groups excluding carboxylic acids is 1. The molecule has 0 fully saturated rings. The molecule has 3 aromatic rings. The third-order valence-corrected chi connectivity index (χ3v) is 4.02. The molecular formula is C18H18ClN5O. The first-order valence-corrected chi connectivity index (χ1v) is 8.11. The van der Waals surface area contributed by atoms with Gasteiger partial charge in [-0.15, -0.1) is 0 Å². The van der Waals surface area contributed by atoms with Crippen molar-refractivity contribution in [2.24, 2.45) is 7.05 Å². The Bertz CT molecular complexity index is 875. The van der Waals surface area contributed by atoms with Crippen LogP contribution in [0.5, 0.6) is 0 Å². The van der Waals surface area contributed by atoms with Gasteiger partial charge in [0.2, 0.25) is 0 Å². The van der Waals surface area contributed by atoms with Crippen molar-refractivity contribution in [3.05, 3.63) is 71.4 Å². The lowest BCUT2D eigenvalue weighted by atomic mass is 10.2. The molecule has 7 heteroatoms. The summed E-state index contributed by atoms with van der Waals surface area (Å²) in [5.41, 5.74) is 1.13. The fourth-order valence-corrected chi connectivity index (χ4v) is 2.55. The first kappa shape index (κ1) is 17.0. The van der Waals surface area contributed by atoms with Gasteiger partial charge in [0.1, 0.15) is 11.6 Å². The standard InChI is InChI=1S/C18H18ClN5O/c1-23-9-8-20-17(23)12-24(2)16-7-6-13(11-21-16)18(25)22-15-5-3-4-14(19)10-15/h3-11H,12H2,1-2H3,(H,22,25). The molecule has 0 atom stereocenters. The van der Waals surface area contributed by atoms with Gasteiger partial charge < -0.3 is 14.8 Å². The summed E-state index contributed by atoms with van der Waals surface area (Å²) in [6.07, 6.45) is 5.23. The highest BCUT2D eigenvalue weighted by Gasteiger charge is 2.10. The number of halogens is 1. The molecule has 0 aliphatic rings. The molecule has 0 saturated heterocycles. The molecule has 0 aliphatic carbocycles. The van der Waals surface area contributed by atoms with Crippen molar-refractivity contribution in [2.45, 2.75) is 6.54 Å². The Labute approximate surface area is 151 Å². The lowest BCUT2D eigenvalue weighted by Crippen LogP contribution is -2.20. The smallest absolute Gasteiger partial charge is 0.257 e. The van der Waals surface area contributed by atoms with Crippen LogP contribution in [-0.2, 0) is 13.6 Å². The van der Waals surface area contributed by atoms with Gasteiger partial charge in [0.25, 0.3) is 5.91 Å². The fourth-order valence-electron chi connectivity index (χ4n) is 2.36.